The molecule has 6 nitrogen and oxygen atoms in total. The van der Waals surface area contributed by atoms with Crippen molar-refractivity contribution >= 4 is 21.6 Å². The summed E-state index contributed by atoms with van der Waals surface area (Å²) < 4.78 is 23.3. The molecule has 0 aromatic carbocycles. The molecule has 2 N–H and O–H groups in total. The Morgan fingerprint density at radius 2 is 2.15 bits per heavy atom. The summed E-state index contributed by atoms with van der Waals surface area (Å²) in [6.45, 7) is 3.49. The number of pyridine rings is 1. The monoisotopic (exact) mass is 298 g/mol. The number of hydrogen-bond acceptors (Lipinski definition) is 5. The average molecular weight is 298 g/mol. The smallest absolute Gasteiger partial charge is 0.339 e. The number of aromatic carboxylic acids is 1. The largest absolute Gasteiger partial charge is 0.478 e. The van der Waals surface area contributed by atoms with Crippen LogP contribution < -0.4 is 5.32 Å². The van der Waals surface area contributed by atoms with E-state index in [9.17, 15) is 18.3 Å². The van der Waals surface area contributed by atoms with Crippen LogP contribution in [0.5, 0.6) is 0 Å². The van der Waals surface area contributed by atoms with Crippen molar-refractivity contribution in [3.8, 4) is 0 Å². The molecule has 7 heteroatoms. The van der Waals surface area contributed by atoms with Crippen LogP contribution in [0.15, 0.2) is 6.07 Å². The van der Waals surface area contributed by atoms with Crippen LogP contribution in [0.3, 0.4) is 0 Å². The molecule has 0 bridgehead atoms. The highest BCUT2D eigenvalue weighted by Gasteiger charge is 2.26. The molecule has 1 saturated heterocycles. The predicted molar refractivity (Wildman–Crippen MR) is 76.0 cm³/mol. The Bertz CT molecular complexity index is 640. The Kier molecular flexibility index (Phi) is 3.99. The molecule has 2 rings (SSSR count). The van der Waals surface area contributed by atoms with Crippen LogP contribution >= 0.6 is 0 Å². The van der Waals surface area contributed by atoms with Gasteiger partial charge in [-0.3, -0.25) is 0 Å². The molecule has 1 aliphatic heterocycles. The van der Waals surface area contributed by atoms with E-state index in [2.05, 4.69) is 10.3 Å². The maximum Gasteiger partial charge on any atom is 0.339 e. The van der Waals surface area contributed by atoms with Crippen LogP contribution in [0.1, 0.15) is 34.5 Å². The van der Waals surface area contributed by atoms with Crippen molar-refractivity contribution in [2.45, 2.75) is 32.7 Å². The van der Waals surface area contributed by atoms with Gasteiger partial charge in [0.1, 0.15) is 11.4 Å². The second-order valence-electron chi connectivity index (χ2n) is 5.21. The molecule has 0 aliphatic carbocycles. The maximum absolute atomic E-state index is 11.6. The van der Waals surface area contributed by atoms with Gasteiger partial charge in [-0.25, -0.2) is 18.2 Å². The lowest BCUT2D eigenvalue weighted by Crippen LogP contribution is -2.35. The van der Waals surface area contributed by atoms with Crippen LogP contribution in [-0.2, 0) is 9.84 Å². The van der Waals surface area contributed by atoms with Crippen LogP contribution in [0.4, 0.5) is 5.82 Å². The number of anilines is 1. The molecule has 20 heavy (non-hydrogen) atoms. The molecular weight excluding hydrogens is 280 g/mol. The minimum absolute atomic E-state index is 0.0285. The summed E-state index contributed by atoms with van der Waals surface area (Å²) in [5.74, 6) is -0.564. The quantitative estimate of drug-likeness (QED) is 0.875. The summed E-state index contributed by atoms with van der Waals surface area (Å²) in [6.07, 6.45) is 1.29. The number of hydrogen-bond donors (Lipinski definition) is 2. The Morgan fingerprint density at radius 1 is 1.45 bits per heavy atom. The molecule has 0 radical (unpaired) electrons. The Hall–Kier alpha value is -1.63. The van der Waals surface area contributed by atoms with Crippen molar-refractivity contribution in [3.63, 3.8) is 0 Å². The molecule has 2 heterocycles. The van der Waals surface area contributed by atoms with E-state index in [4.69, 9.17) is 0 Å². The third-order valence-electron chi connectivity index (χ3n) is 3.36. The molecule has 1 fully saturated rings. The first-order chi connectivity index (χ1) is 9.28. The first kappa shape index (κ1) is 14.8. The van der Waals surface area contributed by atoms with Crippen LogP contribution in [0.2, 0.25) is 0 Å². The zero-order chi connectivity index (χ0) is 14.9. The van der Waals surface area contributed by atoms with Crippen LogP contribution in [0.25, 0.3) is 0 Å². The minimum Gasteiger partial charge on any atom is -0.478 e. The summed E-state index contributed by atoms with van der Waals surface area (Å²) >= 11 is 0. The van der Waals surface area contributed by atoms with Gasteiger partial charge in [-0.2, -0.15) is 0 Å². The van der Waals surface area contributed by atoms with E-state index in [1.54, 1.807) is 19.9 Å². The van der Waals surface area contributed by atoms with Gasteiger partial charge < -0.3 is 10.4 Å². The molecule has 0 spiro atoms. The van der Waals surface area contributed by atoms with E-state index < -0.39 is 15.8 Å². The number of carboxylic acids is 1. The number of sulfone groups is 1. The summed E-state index contributed by atoms with van der Waals surface area (Å²) in [6, 6.07) is 1.42. The minimum atomic E-state index is -3.04. The van der Waals surface area contributed by atoms with Gasteiger partial charge in [0.15, 0.2) is 9.84 Å². The molecule has 1 atom stereocenters. The fraction of sp³-hybridized carbons (Fsp3) is 0.538. The van der Waals surface area contributed by atoms with Crippen molar-refractivity contribution in [3.05, 3.63) is 22.9 Å². The van der Waals surface area contributed by atoms with Crippen molar-refractivity contribution in [1.29, 1.82) is 0 Å². The summed E-state index contributed by atoms with van der Waals surface area (Å²) in [7, 11) is -3.04. The molecule has 1 aromatic heterocycles. The Balaban J connectivity index is 2.31. The third kappa shape index (κ3) is 3.27. The third-order valence-corrected chi connectivity index (χ3v) is 5.18. The van der Waals surface area contributed by atoms with Gasteiger partial charge in [0.25, 0.3) is 0 Å². The lowest BCUT2D eigenvalue weighted by atomic mass is 10.1. The molecule has 1 unspecified atom stereocenters. The molecule has 110 valence electrons. The van der Waals surface area contributed by atoms with Gasteiger partial charge in [0, 0.05) is 11.7 Å². The number of rotatable bonds is 3. The number of aryl methyl sites for hydroxylation is 2. The summed E-state index contributed by atoms with van der Waals surface area (Å²) in [5.41, 5.74) is 1.43. The zero-order valence-electron chi connectivity index (χ0n) is 11.5. The second-order valence-corrected chi connectivity index (χ2v) is 7.44. The lowest BCUT2D eigenvalue weighted by molar-refractivity contribution is 0.0696. The highest BCUT2D eigenvalue weighted by atomic mass is 32.2. The van der Waals surface area contributed by atoms with Gasteiger partial charge in [0.2, 0.25) is 0 Å². The normalized spacial score (nSPS) is 21.4. The number of carboxylic acid groups (broad SMARTS) is 1. The average Bonchev–Trinajstić information content (AvgIpc) is 2.25. The van der Waals surface area contributed by atoms with E-state index in [0.717, 1.165) is 0 Å². The number of nitrogens with zero attached hydrogens (tertiary/aromatic N) is 1. The highest BCUT2D eigenvalue weighted by Crippen LogP contribution is 2.22. The molecule has 1 aliphatic rings. The highest BCUT2D eigenvalue weighted by molar-refractivity contribution is 7.91. The van der Waals surface area contributed by atoms with Crippen molar-refractivity contribution in [1.82, 2.24) is 4.98 Å². The topological polar surface area (TPSA) is 96.4 Å². The lowest BCUT2D eigenvalue weighted by Gasteiger charge is -2.24. The fourth-order valence-electron chi connectivity index (χ4n) is 2.54. The fourth-order valence-corrected chi connectivity index (χ4v) is 4.18. The van der Waals surface area contributed by atoms with E-state index in [1.807, 2.05) is 0 Å². The summed E-state index contributed by atoms with van der Waals surface area (Å²) in [4.78, 5) is 15.5. The van der Waals surface area contributed by atoms with Crippen LogP contribution in [0, 0.1) is 13.8 Å². The van der Waals surface area contributed by atoms with E-state index in [-0.39, 0.29) is 28.9 Å². The number of aromatic nitrogens is 1. The number of carbonyl (C=O) groups is 1. The van der Waals surface area contributed by atoms with E-state index >= 15 is 0 Å². The molecule has 1 aromatic rings. The van der Waals surface area contributed by atoms with Gasteiger partial charge >= 0.3 is 5.97 Å². The van der Waals surface area contributed by atoms with Gasteiger partial charge in [0.05, 0.1) is 11.5 Å². The van der Waals surface area contributed by atoms with Crippen LogP contribution in [-0.4, -0.2) is 42.0 Å². The van der Waals surface area contributed by atoms with Gasteiger partial charge in [-0.05, 0) is 38.3 Å². The first-order valence-electron chi connectivity index (χ1n) is 6.47. The maximum atomic E-state index is 11.6. The standard InChI is InChI=1S/C13H18N2O4S/c1-8-6-9(2)14-12(11(8)13(16)17)15-10-4-3-5-20(18,19)7-10/h6,10H,3-5,7H2,1-2H3,(H,14,15)(H,16,17). The van der Waals surface area contributed by atoms with E-state index in [0.29, 0.717) is 24.1 Å². The SMILES string of the molecule is Cc1cc(C)c(C(=O)O)c(NC2CCCS(=O)(=O)C2)n1. The van der Waals surface area contributed by atoms with Crippen molar-refractivity contribution < 1.29 is 18.3 Å². The van der Waals surface area contributed by atoms with Gasteiger partial charge in [-0.1, -0.05) is 0 Å². The predicted octanol–water partition coefficient (Wildman–Crippen LogP) is 1.39. The molecular formula is C13H18N2O4S. The molecule has 0 amide bonds. The Morgan fingerprint density at radius 3 is 2.75 bits per heavy atom. The van der Waals surface area contributed by atoms with Crippen molar-refractivity contribution in [2.75, 3.05) is 16.8 Å². The van der Waals surface area contributed by atoms with E-state index in [1.165, 1.54) is 0 Å². The number of nitrogens with one attached hydrogen (secondary N) is 1. The summed E-state index contributed by atoms with van der Waals surface area (Å²) in [5, 5.41) is 12.3. The second kappa shape index (κ2) is 5.40. The van der Waals surface area contributed by atoms with Gasteiger partial charge in [-0.15, -0.1) is 0 Å². The first-order valence-corrected chi connectivity index (χ1v) is 8.29. The molecule has 0 saturated carbocycles. The Labute approximate surface area is 118 Å². The van der Waals surface area contributed by atoms with Crippen molar-refractivity contribution in [2.24, 2.45) is 0 Å². The zero-order valence-corrected chi connectivity index (χ0v) is 12.3.